The Morgan fingerprint density at radius 3 is 2.57 bits per heavy atom. The summed E-state index contributed by atoms with van der Waals surface area (Å²) in [6.07, 6.45) is 3.36. The van der Waals surface area contributed by atoms with Crippen molar-refractivity contribution >= 4 is 17.4 Å². The molecule has 0 spiro atoms. The fraction of sp³-hybridized carbons (Fsp3) is 0.308. The zero-order valence-corrected chi connectivity index (χ0v) is 20.8. The molecule has 0 aliphatic carbocycles. The van der Waals surface area contributed by atoms with E-state index in [1.807, 2.05) is 49.4 Å². The molecule has 1 aliphatic rings. The molecular formula is C26H29N9O2. The molecule has 1 fully saturated rings. The van der Waals surface area contributed by atoms with Gasteiger partial charge < -0.3 is 5.73 Å². The Kier molecular flexibility index (Phi) is 7.04. The fourth-order valence-corrected chi connectivity index (χ4v) is 4.50. The van der Waals surface area contributed by atoms with E-state index in [9.17, 15) is 4.79 Å². The summed E-state index contributed by atoms with van der Waals surface area (Å²) in [6.45, 7) is 5.38. The first-order chi connectivity index (χ1) is 18.0. The van der Waals surface area contributed by atoms with Gasteiger partial charge in [0, 0.05) is 12.6 Å². The number of carbonyl (C=O) groups excluding carboxylic acids is 1. The van der Waals surface area contributed by atoms with Gasteiger partial charge in [-0.25, -0.2) is 10.1 Å². The van der Waals surface area contributed by atoms with Gasteiger partial charge >= 0.3 is 0 Å². The molecule has 3 N–H and O–H groups in total. The van der Waals surface area contributed by atoms with Crippen molar-refractivity contribution < 1.29 is 9.42 Å². The zero-order chi connectivity index (χ0) is 25.8. The minimum Gasteiger partial charge on any atom is -0.378 e. The van der Waals surface area contributed by atoms with Gasteiger partial charge in [0.25, 0.3) is 5.91 Å². The lowest BCUT2D eigenvalue weighted by molar-refractivity contribution is 0.0944. The molecule has 0 saturated carbocycles. The summed E-state index contributed by atoms with van der Waals surface area (Å²) in [5, 5.41) is 20.1. The molecule has 2 aromatic heterocycles. The summed E-state index contributed by atoms with van der Waals surface area (Å²) in [7, 11) is 0. The molecule has 3 heterocycles. The molecule has 1 atom stereocenters. The number of nitrogens with two attached hydrogens (primary N) is 1. The number of amides is 1. The Labute approximate surface area is 214 Å². The fourth-order valence-electron chi connectivity index (χ4n) is 4.50. The lowest BCUT2D eigenvalue weighted by Gasteiger charge is -2.33. The number of likely N-dealkylation sites (tertiary alicyclic amines) is 1. The molecule has 0 radical (unpaired) electrons. The number of rotatable bonds is 7. The van der Waals surface area contributed by atoms with Crippen molar-refractivity contribution in [2.24, 2.45) is 5.10 Å². The number of aromatic nitrogens is 5. The van der Waals surface area contributed by atoms with Crippen LogP contribution in [-0.4, -0.2) is 54.4 Å². The molecule has 37 heavy (non-hydrogen) atoms. The molecule has 1 unspecified atom stereocenters. The third kappa shape index (κ3) is 5.26. The Hall–Kier alpha value is -4.38. The SMILES string of the molecule is CC(=NNC(=O)c1nnn(-c2nonc2N)c1CN1CCCCC1C)c1ccc(-c2ccccc2)cc1. The average molecular weight is 500 g/mol. The van der Waals surface area contributed by atoms with E-state index in [-0.39, 0.29) is 17.3 Å². The minimum atomic E-state index is -0.471. The van der Waals surface area contributed by atoms with E-state index in [1.165, 1.54) is 11.1 Å². The topological polar surface area (TPSA) is 140 Å². The van der Waals surface area contributed by atoms with Gasteiger partial charge in [0.15, 0.2) is 5.69 Å². The highest BCUT2D eigenvalue weighted by Crippen LogP contribution is 2.23. The maximum atomic E-state index is 13.2. The summed E-state index contributed by atoms with van der Waals surface area (Å²) in [5.41, 5.74) is 13.0. The van der Waals surface area contributed by atoms with Crippen molar-refractivity contribution in [1.29, 1.82) is 0 Å². The highest BCUT2D eigenvalue weighted by atomic mass is 16.6. The van der Waals surface area contributed by atoms with E-state index in [0.717, 1.165) is 36.1 Å². The first kappa shape index (κ1) is 24.3. The summed E-state index contributed by atoms with van der Waals surface area (Å²) in [6, 6.07) is 18.5. The van der Waals surface area contributed by atoms with E-state index < -0.39 is 5.91 Å². The first-order valence-electron chi connectivity index (χ1n) is 12.3. The number of piperidine rings is 1. The molecule has 0 bridgehead atoms. The Balaban J connectivity index is 1.36. The second-order valence-corrected chi connectivity index (χ2v) is 9.17. The second-order valence-electron chi connectivity index (χ2n) is 9.17. The van der Waals surface area contributed by atoms with Gasteiger partial charge in [-0.3, -0.25) is 9.69 Å². The van der Waals surface area contributed by atoms with Gasteiger partial charge in [0.2, 0.25) is 11.6 Å². The average Bonchev–Trinajstić information content (AvgIpc) is 3.54. The number of nitrogens with zero attached hydrogens (tertiary/aromatic N) is 7. The van der Waals surface area contributed by atoms with Gasteiger partial charge in [-0.05, 0) is 60.2 Å². The zero-order valence-electron chi connectivity index (χ0n) is 20.8. The monoisotopic (exact) mass is 499 g/mol. The van der Waals surface area contributed by atoms with Crippen LogP contribution < -0.4 is 11.2 Å². The molecule has 1 saturated heterocycles. The van der Waals surface area contributed by atoms with E-state index in [2.05, 4.69) is 55.1 Å². The predicted octanol–water partition coefficient (Wildman–Crippen LogP) is 3.43. The summed E-state index contributed by atoms with van der Waals surface area (Å²) in [4.78, 5) is 15.5. The molecule has 1 aliphatic heterocycles. The number of nitrogen functional groups attached to an aromatic ring is 1. The Morgan fingerprint density at radius 1 is 1.11 bits per heavy atom. The van der Waals surface area contributed by atoms with Crippen LogP contribution in [0.3, 0.4) is 0 Å². The predicted molar refractivity (Wildman–Crippen MR) is 139 cm³/mol. The summed E-state index contributed by atoms with van der Waals surface area (Å²) < 4.78 is 6.17. The summed E-state index contributed by atoms with van der Waals surface area (Å²) >= 11 is 0. The number of hydrazone groups is 1. The summed E-state index contributed by atoms with van der Waals surface area (Å²) in [5.74, 6) is -0.205. The Bertz CT molecular complexity index is 1390. The first-order valence-corrected chi connectivity index (χ1v) is 12.3. The highest BCUT2D eigenvalue weighted by Gasteiger charge is 2.28. The van der Waals surface area contributed by atoms with E-state index in [0.29, 0.717) is 24.0 Å². The van der Waals surface area contributed by atoms with Gasteiger partial charge in [0.1, 0.15) is 0 Å². The van der Waals surface area contributed by atoms with Crippen LogP contribution in [-0.2, 0) is 6.54 Å². The Morgan fingerprint density at radius 2 is 1.86 bits per heavy atom. The molecule has 4 aromatic rings. The van der Waals surface area contributed by atoms with Gasteiger partial charge in [0.05, 0.1) is 11.4 Å². The molecule has 5 rings (SSSR count). The third-order valence-electron chi connectivity index (χ3n) is 6.70. The van der Waals surface area contributed by atoms with E-state index >= 15 is 0 Å². The quantitative estimate of drug-likeness (QED) is 0.291. The van der Waals surface area contributed by atoms with Gasteiger partial charge in [-0.1, -0.05) is 66.2 Å². The van der Waals surface area contributed by atoms with E-state index in [1.54, 1.807) is 0 Å². The van der Waals surface area contributed by atoms with Gasteiger partial charge in [-0.15, -0.1) is 5.10 Å². The van der Waals surface area contributed by atoms with Crippen LogP contribution in [0.5, 0.6) is 0 Å². The van der Waals surface area contributed by atoms with Crippen LogP contribution in [0.2, 0.25) is 0 Å². The standard InChI is InChI=1S/C26H29N9O2/c1-17-8-6-7-15-34(17)16-22-23(29-33-35(22)25-24(27)31-37-32-25)26(36)30-28-18(2)19-11-13-21(14-12-19)20-9-4-3-5-10-20/h3-5,9-14,17H,6-8,15-16H2,1-2H3,(H2,27,31)(H,30,36). The van der Waals surface area contributed by atoms with Crippen LogP contribution in [0.25, 0.3) is 16.9 Å². The van der Waals surface area contributed by atoms with Crippen LogP contribution in [0.15, 0.2) is 64.3 Å². The lowest BCUT2D eigenvalue weighted by atomic mass is 10.0. The maximum absolute atomic E-state index is 13.2. The number of anilines is 1. The van der Waals surface area contributed by atoms with Crippen molar-refractivity contribution in [1.82, 2.24) is 35.6 Å². The van der Waals surface area contributed by atoms with Crippen LogP contribution in [0, 0.1) is 0 Å². The molecule has 11 nitrogen and oxygen atoms in total. The van der Waals surface area contributed by atoms with Crippen LogP contribution >= 0.6 is 0 Å². The van der Waals surface area contributed by atoms with Crippen LogP contribution in [0.4, 0.5) is 5.82 Å². The van der Waals surface area contributed by atoms with Crippen molar-refractivity contribution in [3.8, 4) is 16.9 Å². The molecule has 190 valence electrons. The highest BCUT2D eigenvalue weighted by molar-refractivity contribution is 6.01. The van der Waals surface area contributed by atoms with E-state index in [4.69, 9.17) is 10.4 Å². The van der Waals surface area contributed by atoms with Gasteiger partial charge in [-0.2, -0.15) is 9.78 Å². The molecule has 11 heteroatoms. The smallest absolute Gasteiger partial charge is 0.293 e. The normalized spacial score (nSPS) is 16.6. The van der Waals surface area contributed by atoms with Crippen molar-refractivity contribution in [3.05, 3.63) is 71.5 Å². The number of hydrogen-bond acceptors (Lipinski definition) is 9. The number of hydrogen-bond donors (Lipinski definition) is 2. The van der Waals surface area contributed by atoms with Crippen molar-refractivity contribution in [2.45, 2.75) is 45.7 Å². The molecule has 2 aromatic carbocycles. The number of nitrogens with one attached hydrogen (secondary N) is 1. The second kappa shape index (κ2) is 10.7. The lowest BCUT2D eigenvalue weighted by Crippen LogP contribution is -2.38. The third-order valence-corrected chi connectivity index (χ3v) is 6.70. The maximum Gasteiger partial charge on any atom is 0.293 e. The molecular weight excluding hydrogens is 470 g/mol. The largest absolute Gasteiger partial charge is 0.378 e. The van der Waals surface area contributed by atoms with Crippen molar-refractivity contribution in [3.63, 3.8) is 0 Å². The van der Waals surface area contributed by atoms with Crippen LogP contribution in [0.1, 0.15) is 54.9 Å². The number of carbonyl (C=O) groups is 1. The van der Waals surface area contributed by atoms with Crippen molar-refractivity contribution in [2.75, 3.05) is 12.3 Å². The minimum absolute atomic E-state index is 0.0672. The molecule has 1 amide bonds. The number of benzene rings is 2.